The van der Waals surface area contributed by atoms with E-state index in [0.29, 0.717) is 21.0 Å². The predicted molar refractivity (Wildman–Crippen MR) is 178 cm³/mol. The number of aryl methyl sites for hydroxylation is 1. The fraction of sp³-hybridized carbons (Fsp3) is 0.364. The third kappa shape index (κ3) is 5.10. The summed E-state index contributed by atoms with van der Waals surface area (Å²) >= 11 is 0. The molecule has 5 heterocycles. The number of aromatic hydroxyl groups is 1. The summed E-state index contributed by atoms with van der Waals surface area (Å²) in [5.74, 6) is -3.41. The maximum Gasteiger partial charge on any atom is 0.329 e. The monoisotopic (exact) mass is 705 g/mol. The Morgan fingerprint density at radius 2 is 1.76 bits per heavy atom. The molecule has 17 heteroatoms. The van der Waals surface area contributed by atoms with Gasteiger partial charge >= 0.3 is 15.9 Å². The van der Waals surface area contributed by atoms with Crippen molar-refractivity contribution in [1.82, 2.24) is 24.1 Å². The third-order valence-corrected chi connectivity index (χ3v) is 11.8. The Morgan fingerprint density at radius 1 is 1.00 bits per heavy atom. The van der Waals surface area contributed by atoms with Gasteiger partial charge in [0.25, 0.3) is 5.91 Å². The van der Waals surface area contributed by atoms with E-state index in [4.69, 9.17) is 0 Å². The molecule has 1 aromatic heterocycles. The lowest BCUT2D eigenvalue weighted by Crippen LogP contribution is -2.61. The maximum absolute atomic E-state index is 15.4. The van der Waals surface area contributed by atoms with Crippen LogP contribution >= 0.6 is 0 Å². The van der Waals surface area contributed by atoms with Gasteiger partial charge in [-0.2, -0.15) is 8.42 Å². The maximum atomic E-state index is 15.4. The van der Waals surface area contributed by atoms with Crippen molar-refractivity contribution in [2.75, 3.05) is 22.7 Å². The molecule has 2 bridgehead atoms. The molecule has 4 amide bonds. The molecule has 1 aliphatic carbocycles. The number of nitrogens with zero attached hydrogens (tertiary/aromatic N) is 4. The van der Waals surface area contributed by atoms with Crippen LogP contribution in [0.2, 0.25) is 0 Å². The second-order valence-corrected chi connectivity index (χ2v) is 15.0. The summed E-state index contributed by atoms with van der Waals surface area (Å²) in [4.78, 5) is 64.3. The summed E-state index contributed by atoms with van der Waals surface area (Å²) in [6, 6.07) is 11.0. The first kappa shape index (κ1) is 31.9. The quantitative estimate of drug-likeness (QED) is 0.215. The minimum absolute atomic E-state index is 0.000500. The van der Waals surface area contributed by atoms with Gasteiger partial charge in [0.15, 0.2) is 5.82 Å². The number of fused-ring (bicyclic) bond motifs is 4. The highest BCUT2D eigenvalue weighted by molar-refractivity contribution is 7.92. The Morgan fingerprint density at radius 3 is 2.46 bits per heavy atom. The van der Waals surface area contributed by atoms with Crippen molar-refractivity contribution in [3.63, 3.8) is 0 Å². The number of carbonyl (C=O) groups excluding carboxylic acids is 4. The molecule has 15 nitrogen and oxygen atoms in total. The number of amides is 4. The van der Waals surface area contributed by atoms with Crippen LogP contribution in [0.3, 0.4) is 0 Å². The van der Waals surface area contributed by atoms with Crippen LogP contribution in [-0.4, -0.2) is 76.4 Å². The second-order valence-electron chi connectivity index (χ2n) is 13.4. The molecule has 4 aromatic rings. The number of phenolic OH excluding ortho intramolecular Hbond substituents is 1. The largest absolute Gasteiger partial charge is 0.506 e. The topological polar surface area (TPSA) is 192 Å². The van der Waals surface area contributed by atoms with E-state index in [1.54, 1.807) is 11.8 Å². The number of nitrogens with one attached hydrogen (secondary N) is 3. The highest BCUT2D eigenvalue weighted by Crippen LogP contribution is 2.46. The van der Waals surface area contributed by atoms with E-state index in [9.17, 15) is 37.5 Å². The van der Waals surface area contributed by atoms with Crippen molar-refractivity contribution < 1.29 is 37.1 Å². The Balaban J connectivity index is 0.939. The smallest absolute Gasteiger partial charge is 0.329 e. The minimum Gasteiger partial charge on any atom is -0.506 e. The molecule has 0 radical (unpaired) electrons. The molecule has 3 aromatic carbocycles. The number of rotatable bonds is 6. The van der Waals surface area contributed by atoms with E-state index in [1.807, 2.05) is 18.2 Å². The first-order valence-electron chi connectivity index (χ1n) is 16.2. The zero-order valence-electron chi connectivity index (χ0n) is 26.7. The highest BCUT2D eigenvalue weighted by atomic mass is 32.2. The van der Waals surface area contributed by atoms with Crippen molar-refractivity contribution in [2.45, 2.75) is 56.1 Å². The molecule has 4 saturated heterocycles. The van der Waals surface area contributed by atoms with Crippen LogP contribution in [0.4, 0.5) is 15.8 Å². The summed E-state index contributed by atoms with van der Waals surface area (Å²) in [5, 5.41) is 15.9. The summed E-state index contributed by atoms with van der Waals surface area (Å²) in [7, 11) is -2.67. The number of benzene rings is 3. The molecule has 4 N–H and O–H groups in total. The van der Waals surface area contributed by atoms with Crippen LogP contribution in [-0.2, 0) is 36.4 Å². The lowest BCUT2D eigenvalue weighted by molar-refractivity contribution is -0.135. The highest BCUT2D eigenvalue weighted by Gasteiger charge is 2.46. The molecule has 3 atom stereocenters. The number of hydrogen-bond donors (Lipinski definition) is 4. The van der Waals surface area contributed by atoms with Crippen molar-refractivity contribution in [3.05, 3.63) is 64.3 Å². The van der Waals surface area contributed by atoms with E-state index in [0.717, 1.165) is 24.8 Å². The van der Waals surface area contributed by atoms with E-state index in [2.05, 4.69) is 15.5 Å². The number of phenols is 1. The molecular weight excluding hydrogens is 673 g/mol. The molecule has 50 heavy (non-hydrogen) atoms. The number of imide groups is 1. The van der Waals surface area contributed by atoms with Gasteiger partial charge in [-0.25, -0.2) is 18.2 Å². The number of aromatic nitrogens is 2. The van der Waals surface area contributed by atoms with Gasteiger partial charge < -0.3 is 10.4 Å². The fourth-order valence-corrected chi connectivity index (χ4v) is 9.18. The zero-order valence-corrected chi connectivity index (χ0v) is 27.5. The first-order chi connectivity index (χ1) is 23.8. The average Bonchev–Trinajstić information content (AvgIpc) is 3.48. The number of anilines is 2. The second kappa shape index (κ2) is 11.4. The number of hydrogen-bond acceptors (Lipinski definition) is 9. The summed E-state index contributed by atoms with van der Waals surface area (Å²) in [5.41, 5.74) is 1.83. The van der Waals surface area contributed by atoms with E-state index < -0.39 is 51.9 Å². The number of piperidine rings is 2. The van der Waals surface area contributed by atoms with Crippen LogP contribution < -0.4 is 25.4 Å². The zero-order chi connectivity index (χ0) is 35.2. The molecule has 5 aliphatic rings. The number of imidazole rings is 1. The Bertz CT molecular complexity index is 2340. The van der Waals surface area contributed by atoms with E-state index in [-0.39, 0.29) is 65.7 Å². The van der Waals surface area contributed by atoms with Gasteiger partial charge in [-0.05, 0) is 78.9 Å². The third-order valence-electron chi connectivity index (χ3n) is 10.4. The molecule has 0 spiro atoms. The molecule has 260 valence electrons. The molecule has 3 unspecified atom stereocenters. The van der Waals surface area contributed by atoms with Gasteiger partial charge in [-0.3, -0.25) is 38.5 Å². The Hall–Kier alpha value is -5.29. The van der Waals surface area contributed by atoms with E-state index >= 15 is 4.39 Å². The van der Waals surface area contributed by atoms with Crippen molar-refractivity contribution in [3.8, 4) is 5.75 Å². The van der Waals surface area contributed by atoms with Crippen LogP contribution in [0, 0.1) is 5.82 Å². The van der Waals surface area contributed by atoms with Gasteiger partial charge in [0.05, 0.1) is 17.6 Å². The average molecular weight is 706 g/mol. The van der Waals surface area contributed by atoms with Crippen LogP contribution in [0.5, 0.6) is 5.75 Å². The lowest BCUT2D eigenvalue weighted by atomic mass is 9.71. The minimum atomic E-state index is -4.34. The first-order valence-corrected chi connectivity index (χ1v) is 17.6. The number of carbonyl (C=O) groups is 4. The van der Waals surface area contributed by atoms with Gasteiger partial charge in [0.2, 0.25) is 17.7 Å². The van der Waals surface area contributed by atoms with Crippen LogP contribution in [0.1, 0.15) is 49.6 Å². The summed E-state index contributed by atoms with van der Waals surface area (Å²) in [6.45, 7) is -0.516. The molecule has 4 aliphatic heterocycles. The van der Waals surface area contributed by atoms with Crippen LogP contribution in [0.25, 0.3) is 21.8 Å². The van der Waals surface area contributed by atoms with Crippen molar-refractivity contribution >= 4 is 67.0 Å². The standard InChI is InChI=1S/C33H32FN7O8S/c1-38-25-11-16(2-5-23(25)41(33(38)47)24-6-7-27(43)36-32(24)46)17-9-20-13-21(10-17)39(20)14-28(44)35-19-3-4-22-18(8-19)12-26(42)31(30(22)34)40-15-29(45)37-50(40,48)49/h2-5,8,11-12,17,20-21,24,42H,6-7,9-10,13-15H2,1H3,(H,35,44)(H,37,45)(H,36,43,46). The SMILES string of the molecule is Cn1c(=O)n(C2CCC(=O)NC2=O)c2ccc(C3CC4CC(C3)N4CC(=O)Nc3ccc4c(F)c(N5CC(=O)NS5(=O)=O)c(O)cc4c3)cc21. The van der Waals surface area contributed by atoms with Crippen LogP contribution in [0.15, 0.2) is 47.3 Å². The fourth-order valence-electron chi connectivity index (χ4n) is 8.02. The molecular formula is C33H32FN7O8S. The van der Waals surface area contributed by atoms with Gasteiger partial charge in [0.1, 0.15) is 24.0 Å². The summed E-state index contributed by atoms with van der Waals surface area (Å²) < 4.78 is 45.1. The van der Waals surface area contributed by atoms with Gasteiger partial charge in [0, 0.05) is 36.6 Å². The molecule has 1 saturated carbocycles. The molecule has 9 rings (SSSR count). The van der Waals surface area contributed by atoms with Crippen molar-refractivity contribution in [2.24, 2.45) is 7.05 Å². The number of halogens is 1. The molecule has 5 fully saturated rings. The van der Waals surface area contributed by atoms with Gasteiger partial charge in [-0.15, -0.1) is 0 Å². The van der Waals surface area contributed by atoms with Gasteiger partial charge in [-0.1, -0.05) is 6.07 Å². The lowest BCUT2D eigenvalue weighted by Gasteiger charge is -2.55. The predicted octanol–water partition coefficient (Wildman–Crippen LogP) is 1.46. The Labute approximate surface area is 283 Å². The van der Waals surface area contributed by atoms with E-state index in [1.165, 1.54) is 33.4 Å². The summed E-state index contributed by atoms with van der Waals surface area (Å²) in [6.07, 6.45) is 3.03. The normalized spacial score (nSPS) is 24.7. The van der Waals surface area contributed by atoms with Crippen molar-refractivity contribution in [1.29, 1.82) is 0 Å². The Kier molecular flexibility index (Phi) is 7.27.